The average Bonchev–Trinajstić information content (AvgIpc) is 2.89. The van der Waals surface area contributed by atoms with E-state index in [2.05, 4.69) is 16.7 Å². The number of para-hydroxylation sites is 1. The minimum absolute atomic E-state index is 0.0305. The number of anilines is 1. The molecule has 1 atom stereocenters. The van der Waals surface area contributed by atoms with Crippen molar-refractivity contribution in [1.82, 2.24) is 5.32 Å². The molecule has 0 bridgehead atoms. The number of benzene rings is 1. The number of nitrogens with one attached hydrogen (secondary N) is 2. The summed E-state index contributed by atoms with van der Waals surface area (Å²) in [6, 6.07) is 8.14. The first kappa shape index (κ1) is 15.8. The Morgan fingerprint density at radius 1 is 1.33 bits per heavy atom. The molecule has 1 aromatic rings. The van der Waals surface area contributed by atoms with Crippen LogP contribution >= 0.6 is 0 Å². The summed E-state index contributed by atoms with van der Waals surface area (Å²) >= 11 is 0. The van der Waals surface area contributed by atoms with Gasteiger partial charge in [0.25, 0.3) is 0 Å². The molecular weight excluding hydrogens is 268 g/mol. The molecule has 2 N–H and O–H groups in total. The molecule has 5 nitrogen and oxygen atoms in total. The second kappa shape index (κ2) is 8.00. The number of amides is 1. The van der Waals surface area contributed by atoms with Gasteiger partial charge in [0.2, 0.25) is 5.91 Å². The van der Waals surface area contributed by atoms with Crippen LogP contribution in [-0.2, 0) is 14.3 Å². The Morgan fingerprint density at radius 2 is 2.05 bits per heavy atom. The summed E-state index contributed by atoms with van der Waals surface area (Å²) in [6.07, 6.45) is 0.118. The molecule has 21 heavy (non-hydrogen) atoms. The van der Waals surface area contributed by atoms with Gasteiger partial charge in [-0.1, -0.05) is 18.2 Å². The van der Waals surface area contributed by atoms with Crippen LogP contribution < -0.4 is 10.6 Å². The first-order chi connectivity index (χ1) is 10.2. The third-order valence-corrected chi connectivity index (χ3v) is 3.54. The molecule has 1 amide bonds. The van der Waals surface area contributed by atoms with Gasteiger partial charge in [0, 0.05) is 37.8 Å². The molecular formula is C16H24N2O3. The van der Waals surface area contributed by atoms with E-state index in [1.165, 1.54) is 5.56 Å². The lowest BCUT2D eigenvalue weighted by atomic mass is 9.97. The fraction of sp³-hybridized carbons (Fsp3) is 0.562. The van der Waals surface area contributed by atoms with Gasteiger partial charge in [-0.15, -0.1) is 0 Å². The van der Waals surface area contributed by atoms with E-state index in [9.17, 15) is 4.79 Å². The van der Waals surface area contributed by atoms with Crippen molar-refractivity contribution in [2.75, 3.05) is 31.6 Å². The molecule has 0 fully saturated rings. The maximum Gasteiger partial charge on any atom is 0.220 e. The number of carbonyl (C=O) groups excluding carboxylic acids is 1. The predicted octanol–water partition coefficient (Wildman–Crippen LogP) is 2.10. The van der Waals surface area contributed by atoms with Gasteiger partial charge in [-0.2, -0.15) is 0 Å². The Balaban J connectivity index is 1.80. The average molecular weight is 292 g/mol. The highest BCUT2D eigenvalue weighted by molar-refractivity contribution is 5.78. The van der Waals surface area contributed by atoms with Crippen LogP contribution in [-0.4, -0.2) is 38.5 Å². The van der Waals surface area contributed by atoms with Crippen LogP contribution in [0.1, 0.15) is 31.7 Å². The van der Waals surface area contributed by atoms with Crippen LogP contribution in [0.4, 0.5) is 5.69 Å². The Labute approximate surface area is 126 Å². The van der Waals surface area contributed by atoms with Gasteiger partial charge in [0.15, 0.2) is 6.29 Å². The van der Waals surface area contributed by atoms with E-state index >= 15 is 0 Å². The lowest BCUT2D eigenvalue weighted by Crippen LogP contribution is -2.36. The van der Waals surface area contributed by atoms with E-state index in [1.807, 2.05) is 32.0 Å². The van der Waals surface area contributed by atoms with Gasteiger partial charge in [-0.05, 0) is 25.5 Å². The van der Waals surface area contributed by atoms with E-state index < -0.39 is 0 Å². The van der Waals surface area contributed by atoms with Crippen LogP contribution in [0.5, 0.6) is 0 Å². The van der Waals surface area contributed by atoms with Gasteiger partial charge >= 0.3 is 0 Å². The molecule has 0 saturated carbocycles. The standard InChI is InChI=1S/C16H24N2O3/c1-3-20-16(21-4-2)11-18-15(19)9-12-10-17-14-8-6-5-7-13(12)14/h5-8,12,16-17H,3-4,9-11H2,1-2H3,(H,18,19). The molecule has 0 aliphatic carbocycles. The monoisotopic (exact) mass is 292 g/mol. The summed E-state index contributed by atoms with van der Waals surface area (Å²) in [5.41, 5.74) is 2.36. The summed E-state index contributed by atoms with van der Waals surface area (Å²) in [4.78, 5) is 12.1. The van der Waals surface area contributed by atoms with E-state index in [-0.39, 0.29) is 18.1 Å². The molecule has 2 rings (SSSR count). The first-order valence-electron chi connectivity index (χ1n) is 7.57. The maximum absolute atomic E-state index is 12.1. The van der Waals surface area contributed by atoms with Gasteiger partial charge in [-0.3, -0.25) is 4.79 Å². The topological polar surface area (TPSA) is 59.6 Å². The minimum Gasteiger partial charge on any atom is -0.384 e. The fourth-order valence-corrected chi connectivity index (χ4v) is 2.57. The van der Waals surface area contributed by atoms with Crippen molar-refractivity contribution in [3.63, 3.8) is 0 Å². The Hall–Kier alpha value is -1.59. The van der Waals surface area contributed by atoms with Crippen LogP contribution in [0.2, 0.25) is 0 Å². The summed E-state index contributed by atoms with van der Waals surface area (Å²) in [6.45, 7) is 6.17. The van der Waals surface area contributed by atoms with Crippen molar-refractivity contribution < 1.29 is 14.3 Å². The fourth-order valence-electron chi connectivity index (χ4n) is 2.57. The summed E-state index contributed by atoms with van der Waals surface area (Å²) < 4.78 is 10.8. The lowest BCUT2D eigenvalue weighted by Gasteiger charge is -2.18. The molecule has 1 heterocycles. The van der Waals surface area contributed by atoms with Crippen LogP contribution in [0.25, 0.3) is 0 Å². The van der Waals surface area contributed by atoms with Gasteiger partial charge in [0.05, 0.1) is 6.54 Å². The largest absolute Gasteiger partial charge is 0.384 e. The zero-order valence-electron chi connectivity index (χ0n) is 12.7. The van der Waals surface area contributed by atoms with E-state index in [0.29, 0.717) is 26.2 Å². The molecule has 5 heteroatoms. The Kier molecular flexibility index (Phi) is 6.02. The molecule has 0 aromatic heterocycles. The maximum atomic E-state index is 12.1. The highest BCUT2D eigenvalue weighted by Crippen LogP contribution is 2.32. The van der Waals surface area contributed by atoms with Gasteiger partial charge in [0.1, 0.15) is 0 Å². The zero-order valence-corrected chi connectivity index (χ0v) is 12.7. The number of rotatable bonds is 8. The molecule has 1 aliphatic rings. The molecule has 1 unspecified atom stereocenters. The molecule has 0 saturated heterocycles. The highest BCUT2D eigenvalue weighted by atomic mass is 16.7. The second-order valence-corrected chi connectivity index (χ2v) is 5.01. The quantitative estimate of drug-likeness (QED) is 0.720. The van der Waals surface area contributed by atoms with Crippen molar-refractivity contribution in [1.29, 1.82) is 0 Å². The van der Waals surface area contributed by atoms with Crippen molar-refractivity contribution in [2.45, 2.75) is 32.5 Å². The summed E-state index contributed by atoms with van der Waals surface area (Å²) in [5.74, 6) is 0.266. The van der Waals surface area contributed by atoms with Gasteiger partial charge in [-0.25, -0.2) is 0 Å². The van der Waals surface area contributed by atoms with Crippen molar-refractivity contribution >= 4 is 11.6 Å². The smallest absolute Gasteiger partial charge is 0.220 e. The SMILES string of the molecule is CCOC(CNC(=O)CC1CNc2ccccc21)OCC. The number of ether oxygens (including phenoxy) is 2. The highest BCUT2D eigenvalue weighted by Gasteiger charge is 2.24. The first-order valence-corrected chi connectivity index (χ1v) is 7.57. The van der Waals surface area contributed by atoms with Crippen LogP contribution in [0, 0.1) is 0 Å². The molecule has 1 aliphatic heterocycles. The molecule has 1 aromatic carbocycles. The zero-order chi connectivity index (χ0) is 15.1. The lowest BCUT2D eigenvalue weighted by molar-refractivity contribution is -0.140. The predicted molar refractivity (Wildman–Crippen MR) is 82.3 cm³/mol. The van der Waals surface area contributed by atoms with Gasteiger partial charge < -0.3 is 20.1 Å². The van der Waals surface area contributed by atoms with Crippen molar-refractivity contribution in [2.24, 2.45) is 0 Å². The third kappa shape index (κ3) is 4.44. The van der Waals surface area contributed by atoms with Crippen molar-refractivity contribution in [3.8, 4) is 0 Å². The Bertz CT molecular complexity index is 459. The summed E-state index contributed by atoms with van der Waals surface area (Å²) in [7, 11) is 0. The normalized spacial score (nSPS) is 16.6. The Morgan fingerprint density at radius 3 is 2.76 bits per heavy atom. The third-order valence-electron chi connectivity index (χ3n) is 3.54. The molecule has 116 valence electrons. The minimum atomic E-state index is -0.363. The van der Waals surface area contributed by atoms with Crippen LogP contribution in [0.15, 0.2) is 24.3 Å². The summed E-state index contributed by atoms with van der Waals surface area (Å²) in [5, 5.41) is 6.23. The molecule has 0 radical (unpaired) electrons. The van der Waals surface area contributed by atoms with E-state index in [4.69, 9.17) is 9.47 Å². The number of fused-ring (bicyclic) bond motifs is 1. The number of carbonyl (C=O) groups is 1. The second-order valence-electron chi connectivity index (χ2n) is 5.01. The molecule has 0 spiro atoms. The van der Waals surface area contributed by atoms with E-state index in [0.717, 1.165) is 12.2 Å². The van der Waals surface area contributed by atoms with Crippen molar-refractivity contribution in [3.05, 3.63) is 29.8 Å². The number of hydrogen-bond donors (Lipinski definition) is 2. The van der Waals surface area contributed by atoms with E-state index in [1.54, 1.807) is 0 Å². The number of hydrogen-bond acceptors (Lipinski definition) is 4. The van der Waals surface area contributed by atoms with Crippen LogP contribution in [0.3, 0.4) is 0 Å².